The van der Waals surface area contributed by atoms with Gasteiger partial charge in [-0.3, -0.25) is 0 Å². The molecule has 3 heteroatoms. The van der Waals surface area contributed by atoms with Crippen LogP contribution < -0.4 is 5.32 Å². The van der Waals surface area contributed by atoms with E-state index in [0.29, 0.717) is 6.04 Å². The first-order valence-electron chi connectivity index (χ1n) is 5.85. The summed E-state index contributed by atoms with van der Waals surface area (Å²) in [6, 6.07) is 6.15. The van der Waals surface area contributed by atoms with Gasteiger partial charge in [0.1, 0.15) is 5.82 Å². The number of thioether (sulfide) groups is 1. The monoisotopic (exact) mass is 239 g/mol. The van der Waals surface area contributed by atoms with E-state index in [1.807, 2.05) is 18.4 Å². The van der Waals surface area contributed by atoms with Gasteiger partial charge in [-0.2, -0.15) is 0 Å². The summed E-state index contributed by atoms with van der Waals surface area (Å²) in [5, 5.41) is 3.49. The molecule has 1 aliphatic heterocycles. The second-order valence-corrected chi connectivity index (χ2v) is 5.17. The Bertz CT molecular complexity index is 348. The fourth-order valence-corrected chi connectivity index (χ4v) is 2.68. The maximum absolute atomic E-state index is 13.6. The lowest BCUT2D eigenvalue weighted by molar-refractivity contribution is 0.399. The van der Waals surface area contributed by atoms with Crippen LogP contribution in [0.15, 0.2) is 23.1 Å². The second kappa shape index (κ2) is 5.69. The molecule has 1 unspecified atom stereocenters. The highest BCUT2D eigenvalue weighted by atomic mass is 32.2. The highest BCUT2D eigenvalue weighted by Crippen LogP contribution is 2.21. The molecule has 1 aliphatic rings. The number of rotatable bonds is 3. The molecule has 0 aromatic heterocycles. The van der Waals surface area contributed by atoms with Crippen LogP contribution in [0.1, 0.15) is 24.8 Å². The molecule has 0 spiro atoms. The summed E-state index contributed by atoms with van der Waals surface area (Å²) in [5.41, 5.74) is 1.11. The number of hydrogen-bond acceptors (Lipinski definition) is 2. The molecule has 0 bridgehead atoms. The van der Waals surface area contributed by atoms with Crippen molar-refractivity contribution in [1.82, 2.24) is 5.32 Å². The zero-order valence-electron chi connectivity index (χ0n) is 9.63. The minimum Gasteiger partial charge on any atom is -0.314 e. The van der Waals surface area contributed by atoms with Gasteiger partial charge in [-0.1, -0.05) is 12.5 Å². The van der Waals surface area contributed by atoms with Crippen molar-refractivity contribution in [3.05, 3.63) is 29.6 Å². The fourth-order valence-electron chi connectivity index (χ4n) is 2.22. The Morgan fingerprint density at radius 3 is 2.94 bits per heavy atom. The van der Waals surface area contributed by atoms with E-state index >= 15 is 0 Å². The van der Waals surface area contributed by atoms with Gasteiger partial charge in [0.2, 0.25) is 0 Å². The van der Waals surface area contributed by atoms with Crippen molar-refractivity contribution < 1.29 is 4.39 Å². The largest absolute Gasteiger partial charge is 0.314 e. The number of benzene rings is 1. The minimum atomic E-state index is -0.0826. The van der Waals surface area contributed by atoms with E-state index in [4.69, 9.17) is 0 Å². The van der Waals surface area contributed by atoms with E-state index in [2.05, 4.69) is 5.32 Å². The molecular weight excluding hydrogens is 221 g/mol. The average Bonchev–Trinajstić information content (AvgIpc) is 2.31. The Balaban J connectivity index is 2.01. The Morgan fingerprint density at radius 2 is 2.31 bits per heavy atom. The van der Waals surface area contributed by atoms with Gasteiger partial charge in [-0.25, -0.2) is 4.39 Å². The van der Waals surface area contributed by atoms with Crippen molar-refractivity contribution in [2.45, 2.75) is 36.6 Å². The molecule has 0 saturated carbocycles. The van der Waals surface area contributed by atoms with E-state index in [1.54, 1.807) is 6.07 Å². The van der Waals surface area contributed by atoms with Crippen LogP contribution in [0.25, 0.3) is 0 Å². The Morgan fingerprint density at radius 1 is 1.44 bits per heavy atom. The molecule has 1 nitrogen and oxygen atoms in total. The van der Waals surface area contributed by atoms with Crippen LogP contribution >= 0.6 is 11.8 Å². The SMILES string of the molecule is CSc1ccc(CC2CCCCN2)cc1F. The summed E-state index contributed by atoms with van der Waals surface area (Å²) in [6.07, 6.45) is 6.64. The van der Waals surface area contributed by atoms with Crippen LogP contribution in [0.4, 0.5) is 4.39 Å². The van der Waals surface area contributed by atoms with Crippen LogP contribution in [0.2, 0.25) is 0 Å². The molecule has 16 heavy (non-hydrogen) atoms. The van der Waals surface area contributed by atoms with Crippen molar-refractivity contribution in [2.24, 2.45) is 0 Å². The molecule has 88 valence electrons. The van der Waals surface area contributed by atoms with E-state index in [1.165, 1.54) is 31.0 Å². The first kappa shape index (κ1) is 11.9. The molecular formula is C13H18FNS. The van der Waals surface area contributed by atoms with Crippen molar-refractivity contribution in [3.63, 3.8) is 0 Å². The van der Waals surface area contributed by atoms with Gasteiger partial charge in [0.05, 0.1) is 0 Å². The predicted molar refractivity (Wildman–Crippen MR) is 67.5 cm³/mol. The van der Waals surface area contributed by atoms with E-state index in [-0.39, 0.29) is 5.82 Å². The van der Waals surface area contributed by atoms with Crippen molar-refractivity contribution in [1.29, 1.82) is 0 Å². The third-order valence-electron chi connectivity index (χ3n) is 3.11. The van der Waals surface area contributed by atoms with Crippen LogP contribution in [0, 0.1) is 5.82 Å². The Labute approximate surface area is 101 Å². The van der Waals surface area contributed by atoms with E-state index in [0.717, 1.165) is 23.4 Å². The highest BCUT2D eigenvalue weighted by Gasteiger charge is 2.13. The highest BCUT2D eigenvalue weighted by molar-refractivity contribution is 7.98. The number of halogens is 1. The Hall–Kier alpha value is -0.540. The lowest BCUT2D eigenvalue weighted by Gasteiger charge is -2.23. The quantitative estimate of drug-likeness (QED) is 0.813. The molecule has 1 saturated heterocycles. The summed E-state index contributed by atoms with van der Waals surface area (Å²) in [6.45, 7) is 1.11. The number of nitrogens with one attached hydrogen (secondary N) is 1. The zero-order chi connectivity index (χ0) is 11.4. The Kier molecular flexibility index (Phi) is 4.24. The molecule has 1 fully saturated rings. The molecule has 1 N–H and O–H groups in total. The molecule has 0 aliphatic carbocycles. The summed E-state index contributed by atoms with van der Waals surface area (Å²) < 4.78 is 13.6. The van der Waals surface area contributed by atoms with Gasteiger partial charge in [0, 0.05) is 10.9 Å². The van der Waals surface area contributed by atoms with Crippen LogP contribution in [-0.4, -0.2) is 18.8 Å². The normalized spacial score (nSPS) is 21.0. The maximum Gasteiger partial charge on any atom is 0.137 e. The number of piperidine rings is 1. The second-order valence-electron chi connectivity index (χ2n) is 4.32. The summed E-state index contributed by atoms with van der Waals surface area (Å²) >= 11 is 1.46. The smallest absolute Gasteiger partial charge is 0.137 e. The summed E-state index contributed by atoms with van der Waals surface area (Å²) in [7, 11) is 0. The lowest BCUT2D eigenvalue weighted by atomic mass is 9.98. The molecule has 1 aromatic rings. The van der Waals surface area contributed by atoms with Crippen molar-refractivity contribution in [3.8, 4) is 0 Å². The average molecular weight is 239 g/mol. The van der Waals surface area contributed by atoms with Crippen LogP contribution in [-0.2, 0) is 6.42 Å². The van der Waals surface area contributed by atoms with Crippen LogP contribution in [0.5, 0.6) is 0 Å². The van der Waals surface area contributed by atoms with Gasteiger partial charge in [-0.05, 0) is 49.8 Å². The fraction of sp³-hybridized carbons (Fsp3) is 0.538. The predicted octanol–water partition coefficient (Wildman–Crippen LogP) is 3.23. The standard InChI is InChI=1S/C13H18FNS/c1-16-13-6-5-10(9-12(13)14)8-11-4-2-3-7-15-11/h5-6,9,11,15H,2-4,7-8H2,1H3. The van der Waals surface area contributed by atoms with Gasteiger partial charge in [0.25, 0.3) is 0 Å². The lowest BCUT2D eigenvalue weighted by Crippen LogP contribution is -2.35. The summed E-state index contributed by atoms with van der Waals surface area (Å²) in [5.74, 6) is -0.0826. The van der Waals surface area contributed by atoms with Gasteiger partial charge in [0.15, 0.2) is 0 Å². The first-order valence-corrected chi connectivity index (χ1v) is 7.08. The van der Waals surface area contributed by atoms with E-state index in [9.17, 15) is 4.39 Å². The third kappa shape index (κ3) is 2.98. The topological polar surface area (TPSA) is 12.0 Å². The minimum absolute atomic E-state index is 0.0826. The zero-order valence-corrected chi connectivity index (χ0v) is 10.4. The summed E-state index contributed by atoms with van der Waals surface area (Å²) in [4.78, 5) is 0.736. The van der Waals surface area contributed by atoms with Gasteiger partial charge >= 0.3 is 0 Å². The maximum atomic E-state index is 13.6. The molecule has 0 radical (unpaired) electrons. The third-order valence-corrected chi connectivity index (χ3v) is 3.88. The molecule has 1 atom stereocenters. The molecule has 2 rings (SSSR count). The van der Waals surface area contributed by atoms with Crippen LogP contribution in [0.3, 0.4) is 0 Å². The number of hydrogen-bond donors (Lipinski definition) is 1. The van der Waals surface area contributed by atoms with E-state index < -0.39 is 0 Å². The van der Waals surface area contributed by atoms with Crippen molar-refractivity contribution >= 4 is 11.8 Å². The molecule has 0 amide bonds. The first-order chi connectivity index (χ1) is 7.79. The molecule has 1 heterocycles. The van der Waals surface area contributed by atoms with Gasteiger partial charge < -0.3 is 5.32 Å². The molecule has 1 aromatic carbocycles. The van der Waals surface area contributed by atoms with Gasteiger partial charge in [-0.15, -0.1) is 11.8 Å². The van der Waals surface area contributed by atoms with Crippen molar-refractivity contribution in [2.75, 3.05) is 12.8 Å².